The molecule has 11 heteroatoms. The molecule has 42 heavy (non-hydrogen) atoms. The number of rotatable bonds is 9. The third-order valence-corrected chi connectivity index (χ3v) is 6.85. The van der Waals surface area contributed by atoms with Crippen molar-refractivity contribution in [2.45, 2.75) is 6.61 Å². The molecule has 1 fully saturated rings. The number of hydrogen-bond donors (Lipinski definition) is 0. The number of anilines is 1. The number of pyridine rings is 1. The van der Waals surface area contributed by atoms with Crippen LogP contribution in [0.3, 0.4) is 0 Å². The van der Waals surface area contributed by atoms with Crippen molar-refractivity contribution < 1.29 is 19.2 Å². The lowest BCUT2D eigenvalue weighted by atomic mass is 10.1. The Hall–Kier alpha value is -5.42. The number of carbonyl (C=O) groups excluding carboxylic acids is 1. The number of ether oxygens (including phenoxy) is 2. The zero-order valence-corrected chi connectivity index (χ0v) is 22.5. The van der Waals surface area contributed by atoms with Gasteiger partial charge in [-0.05, 0) is 48.6 Å². The Morgan fingerprint density at radius 1 is 1.02 bits per heavy atom. The third kappa shape index (κ3) is 5.86. The second-order valence-corrected chi connectivity index (χ2v) is 9.60. The lowest BCUT2D eigenvalue weighted by Crippen LogP contribution is -2.37. The van der Waals surface area contributed by atoms with Crippen LogP contribution in [0.4, 0.5) is 11.5 Å². The second kappa shape index (κ2) is 12.0. The predicted octanol–water partition coefficient (Wildman–Crippen LogP) is 5.04. The van der Waals surface area contributed by atoms with Crippen LogP contribution in [0.15, 0.2) is 91.1 Å². The van der Waals surface area contributed by atoms with Crippen LogP contribution < -0.4 is 9.64 Å². The molecule has 0 unspecified atom stereocenters. The number of carbonyl (C=O) groups is 1. The Labute approximate surface area is 240 Å². The van der Waals surface area contributed by atoms with Crippen LogP contribution in [-0.2, 0) is 11.3 Å². The number of non-ortho nitro benzene ring substituents is 1. The first-order valence-corrected chi connectivity index (χ1v) is 13.4. The second-order valence-electron chi connectivity index (χ2n) is 9.60. The fourth-order valence-corrected chi connectivity index (χ4v) is 4.69. The molecule has 0 atom stereocenters. The summed E-state index contributed by atoms with van der Waals surface area (Å²) in [5, 5.41) is 20.1. The molecular formula is C31H26N6O5. The van der Waals surface area contributed by atoms with Crippen LogP contribution in [0, 0.1) is 10.1 Å². The van der Waals surface area contributed by atoms with Gasteiger partial charge in [0, 0.05) is 36.2 Å². The van der Waals surface area contributed by atoms with Crippen LogP contribution in [0.5, 0.6) is 5.75 Å². The molecule has 3 aromatic carbocycles. The van der Waals surface area contributed by atoms with E-state index in [2.05, 4.69) is 15.2 Å². The molecule has 1 aliphatic rings. The van der Waals surface area contributed by atoms with Gasteiger partial charge in [0.25, 0.3) is 5.69 Å². The van der Waals surface area contributed by atoms with E-state index >= 15 is 0 Å². The average molecular weight is 563 g/mol. The Morgan fingerprint density at radius 3 is 2.60 bits per heavy atom. The lowest BCUT2D eigenvalue weighted by molar-refractivity contribution is -0.384. The summed E-state index contributed by atoms with van der Waals surface area (Å²) in [6.07, 6.45) is 5.02. The molecule has 0 bridgehead atoms. The van der Waals surface area contributed by atoms with Gasteiger partial charge in [-0.15, -0.1) is 5.10 Å². The van der Waals surface area contributed by atoms with E-state index in [0.29, 0.717) is 35.9 Å². The summed E-state index contributed by atoms with van der Waals surface area (Å²) in [7, 11) is 0. The van der Waals surface area contributed by atoms with Gasteiger partial charge in [0.05, 0.1) is 41.1 Å². The number of nitro benzene ring substituents is 1. The largest absolute Gasteiger partial charge is 0.486 e. The first-order chi connectivity index (χ1) is 20.5. The number of hydrogen-bond acceptors (Lipinski definition) is 9. The van der Waals surface area contributed by atoms with Crippen LogP contribution in [0.2, 0.25) is 0 Å². The fraction of sp³-hybridized carbons (Fsp3) is 0.161. The van der Waals surface area contributed by atoms with Gasteiger partial charge in [-0.2, -0.15) is 0 Å². The standard InChI is InChI=1S/C31H26N6O5/c38-29(14-9-23-19-22-5-1-3-7-28(22)32-31(23)35-15-17-41-18-16-35)27-6-2-4-8-30(27)42-21-24-20-36(34-33-24)25-10-12-26(13-11-25)37(39)40/h1-14,19-20H,15-18,21H2/b14-9+. The molecular weight excluding hydrogens is 536 g/mol. The molecule has 0 spiro atoms. The zero-order chi connectivity index (χ0) is 28.9. The molecule has 1 saturated heterocycles. The Bertz CT molecular complexity index is 1780. The maximum Gasteiger partial charge on any atom is 0.269 e. The van der Waals surface area contributed by atoms with Gasteiger partial charge in [-0.1, -0.05) is 35.5 Å². The molecule has 0 saturated carbocycles. The van der Waals surface area contributed by atoms with Gasteiger partial charge in [-0.3, -0.25) is 14.9 Å². The van der Waals surface area contributed by atoms with Gasteiger partial charge in [-0.25, -0.2) is 9.67 Å². The van der Waals surface area contributed by atoms with Crippen molar-refractivity contribution in [1.82, 2.24) is 20.0 Å². The predicted molar refractivity (Wildman–Crippen MR) is 157 cm³/mol. The molecule has 11 nitrogen and oxygen atoms in total. The van der Waals surface area contributed by atoms with Crippen molar-refractivity contribution in [3.63, 3.8) is 0 Å². The molecule has 210 valence electrons. The maximum absolute atomic E-state index is 13.4. The number of aromatic nitrogens is 4. The molecule has 1 aliphatic heterocycles. The molecule has 0 N–H and O–H groups in total. The minimum absolute atomic E-state index is 0.00746. The summed E-state index contributed by atoms with van der Waals surface area (Å²) >= 11 is 0. The van der Waals surface area contributed by atoms with Crippen molar-refractivity contribution in [1.29, 1.82) is 0 Å². The number of allylic oxidation sites excluding steroid dienone is 1. The molecule has 6 rings (SSSR count). The van der Waals surface area contributed by atoms with Crippen LogP contribution >= 0.6 is 0 Å². The van der Waals surface area contributed by atoms with E-state index in [1.807, 2.05) is 30.3 Å². The first-order valence-electron chi connectivity index (χ1n) is 13.4. The number of fused-ring (bicyclic) bond motifs is 1. The smallest absolute Gasteiger partial charge is 0.269 e. The summed E-state index contributed by atoms with van der Waals surface area (Å²) in [4.78, 5) is 30.9. The van der Waals surface area contributed by atoms with Gasteiger partial charge >= 0.3 is 0 Å². The van der Waals surface area contributed by atoms with Crippen LogP contribution in [-0.4, -0.2) is 57.0 Å². The van der Waals surface area contributed by atoms with E-state index < -0.39 is 4.92 Å². The highest BCUT2D eigenvalue weighted by molar-refractivity contribution is 6.09. The number of benzene rings is 3. The van der Waals surface area contributed by atoms with E-state index in [4.69, 9.17) is 14.5 Å². The summed E-state index contributed by atoms with van der Waals surface area (Å²) in [6, 6.07) is 23.0. The monoisotopic (exact) mass is 562 g/mol. The van der Waals surface area contributed by atoms with Crippen molar-refractivity contribution in [2.75, 3.05) is 31.2 Å². The Morgan fingerprint density at radius 2 is 1.79 bits per heavy atom. The van der Waals surface area contributed by atoms with Crippen molar-refractivity contribution in [3.05, 3.63) is 118 Å². The van der Waals surface area contributed by atoms with E-state index in [-0.39, 0.29) is 18.1 Å². The normalized spacial score (nSPS) is 13.5. The molecule has 0 amide bonds. The quantitative estimate of drug-likeness (QED) is 0.105. The minimum atomic E-state index is -0.458. The van der Waals surface area contributed by atoms with E-state index in [9.17, 15) is 14.9 Å². The van der Waals surface area contributed by atoms with E-state index in [0.717, 1.165) is 35.4 Å². The first kappa shape index (κ1) is 26.8. The van der Waals surface area contributed by atoms with Crippen LogP contribution in [0.25, 0.3) is 22.7 Å². The van der Waals surface area contributed by atoms with Gasteiger partial charge in [0.1, 0.15) is 23.9 Å². The Balaban J connectivity index is 1.19. The summed E-state index contributed by atoms with van der Waals surface area (Å²) in [5.41, 5.74) is 3.31. The minimum Gasteiger partial charge on any atom is -0.486 e. The van der Waals surface area contributed by atoms with E-state index in [1.54, 1.807) is 54.7 Å². The zero-order valence-electron chi connectivity index (χ0n) is 22.5. The highest BCUT2D eigenvalue weighted by Crippen LogP contribution is 2.27. The van der Waals surface area contributed by atoms with Crippen LogP contribution in [0.1, 0.15) is 21.6 Å². The number of morpholine rings is 1. The molecule has 5 aromatic rings. The molecule has 3 heterocycles. The number of nitro groups is 1. The maximum atomic E-state index is 13.4. The molecule has 2 aromatic heterocycles. The highest BCUT2D eigenvalue weighted by atomic mass is 16.6. The van der Waals surface area contributed by atoms with E-state index in [1.165, 1.54) is 16.8 Å². The van der Waals surface area contributed by atoms with Gasteiger partial charge in [0.2, 0.25) is 0 Å². The summed E-state index contributed by atoms with van der Waals surface area (Å²) in [6.45, 7) is 2.79. The highest BCUT2D eigenvalue weighted by Gasteiger charge is 2.17. The Kier molecular flexibility index (Phi) is 7.64. The van der Waals surface area contributed by atoms with Crippen molar-refractivity contribution in [2.24, 2.45) is 0 Å². The average Bonchev–Trinajstić information content (AvgIpc) is 3.52. The number of nitrogens with zero attached hydrogens (tertiary/aromatic N) is 6. The lowest BCUT2D eigenvalue weighted by Gasteiger charge is -2.29. The molecule has 0 radical (unpaired) electrons. The topological polar surface area (TPSA) is 126 Å². The third-order valence-electron chi connectivity index (χ3n) is 6.85. The van der Waals surface area contributed by atoms with Crippen molar-refractivity contribution >= 4 is 34.3 Å². The molecule has 0 aliphatic carbocycles. The van der Waals surface area contributed by atoms with Gasteiger partial charge in [0.15, 0.2) is 5.78 Å². The van der Waals surface area contributed by atoms with Crippen molar-refractivity contribution in [3.8, 4) is 11.4 Å². The summed E-state index contributed by atoms with van der Waals surface area (Å²) in [5.74, 6) is 1.03. The number of ketones is 1. The SMILES string of the molecule is O=C(/C=C/c1cc2ccccc2nc1N1CCOCC1)c1ccccc1OCc1cn(-c2ccc([N+](=O)[O-])cc2)nn1. The number of para-hydroxylation sites is 2. The van der Waals surface area contributed by atoms with Gasteiger partial charge < -0.3 is 14.4 Å². The fourth-order valence-electron chi connectivity index (χ4n) is 4.69. The summed E-state index contributed by atoms with van der Waals surface area (Å²) < 4.78 is 13.0.